The van der Waals surface area contributed by atoms with E-state index in [2.05, 4.69) is 95.3 Å². The van der Waals surface area contributed by atoms with E-state index in [1.807, 2.05) is 0 Å². The van der Waals surface area contributed by atoms with E-state index in [4.69, 9.17) is 8.72 Å². The van der Waals surface area contributed by atoms with E-state index < -0.39 is 23.0 Å². The molecule has 0 atom stereocenters. The zero-order valence-corrected chi connectivity index (χ0v) is 20.5. The second kappa shape index (κ2) is 6.29. The smallest absolute Gasteiger partial charge is 0.173 e. The summed E-state index contributed by atoms with van der Waals surface area (Å²) < 4.78 is 12.4. The highest BCUT2D eigenvalue weighted by Gasteiger charge is 2.68. The average Bonchev–Trinajstić information content (AvgIpc) is 2.03. The van der Waals surface area contributed by atoms with Crippen LogP contribution in [0.2, 0.25) is 19.6 Å². The minimum Gasteiger partial charge on any atom is -0.312 e. The Morgan fingerprint density at radius 1 is 0.727 bits per heavy atom. The van der Waals surface area contributed by atoms with Crippen LogP contribution in [0.5, 0.6) is 0 Å². The standard InChI is InChI=1S/C17H42NOP2Si/c1-15(2,3)21(16(4,5)6,17(7,8)9)19-20(10,11)18-22(12,13)14/h1-14H3/q+1. The van der Waals surface area contributed by atoms with Crippen molar-refractivity contribution in [1.29, 1.82) is 0 Å². The third-order valence-electron chi connectivity index (χ3n) is 3.70. The Labute approximate surface area is 142 Å². The molecule has 0 aliphatic carbocycles. The topological polar surface area (TPSA) is 21.6 Å². The number of nitrogens with zero attached hydrogens (tertiary/aromatic N) is 1. The summed E-state index contributed by atoms with van der Waals surface area (Å²) in [6.07, 6.45) is 0. The van der Waals surface area contributed by atoms with Crippen LogP contribution >= 0.6 is 14.8 Å². The first kappa shape index (κ1) is 22.8. The van der Waals surface area contributed by atoms with Crippen molar-refractivity contribution in [3.8, 4) is 0 Å². The molecular formula is C17H42NOP2Si+. The maximum Gasteiger partial charge on any atom is 0.173 e. The van der Waals surface area contributed by atoms with Gasteiger partial charge in [-0.3, -0.25) is 0 Å². The van der Waals surface area contributed by atoms with Gasteiger partial charge in [-0.25, -0.2) is 4.31 Å². The van der Waals surface area contributed by atoms with E-state index >= 15 is 0 Å². The molecule has 0 aliphatic heterocycles. The Hall–Kier alpha value is 0.837. The molecule has 0 aliphatic rings. The summed E-state index contributed by atoms with van der Waals surface area (Å²) in [4.78, 5) is 0. The summed E-state index contributed by atoms with van der Waals surface area (Å²) in [5.41, 5.74) is 0. The van der Waals surface area contributed by atoms with Crippen LogP contribution in [0.3, 0.4) is 0 Å². The van der Waals surface area contributed by atoms with E-state index in [9.17, 15) is 0 Å². The third-order valence-corrected chi connectivity index (χ3v) is 16.3. The highest BCUT2D eigenvalue weighted by Crippen LogP contribution is 2.88. The third kappa shape index (κ3) is 5.17. The first-order valence-corrected chi connectivity index (χ1v) is 16.1. The van der Waals surface area contributed by atoms with Gasteiger partial charge in [-0.05, 0) is 95.3 Å². The first-order chi connectivity index (χ1) is 9.16. The van der Waals surface area contributed by atoms with Gasteiger partial charge in [-0.15, -0.1) is 0 Å². The lowest BCUT2D eigenvalue weighted by Crippen LogP contribution is -2.44. The molecule has 2 nitrogen and oxygen atoms in total. The van der Waals surface area contributed by atoms with Crippen LogP contribution in [0, 0.1) is 0 Å². The summed E-state index contributed by atoms with van der Waals surface area (Å²) in [6.45, 7) is 32.8. The fourth-order valence-electron chi connectivity index (χ4n) is 4.43. The van der Waals surface area contributed by atoms with E-state index in [-0.39, 0.29) is 15.5 Å². The Kier molecular flexibility index (Phi) is 6.53. The molecule has 134 valence electrons. The lowest BCUT2D eigenvalue weighted by atomic mass is 10.2. The van der Waals surface area contributed by atoms with Crippen molar-refractivity contribution >= 4 is 23.0 Å². The lowest BCUT2D eigenvalue weighted by Gasteiger charge is -2.53. The molecule has 0 radical (unpaired) electrons. The zero-order chi connectivity index (χ0) is 18.4. The van der Waals surface area contributed by atoms with Crippen molar-refractivity contribution in [1.82, 2.24) is 0 Å². The van der Waals surface area contributed by atoms with Crippen LogP contribution in [0.25, 0.3) is 0 Å². The SMILES string of the molecule is CC(C)(C)[P+](OP(C)(C)=N[Si](C)(C)C)(C(C)(C)C)C(C)(C)C. The molecule has 0 heterocycles. The second-order valence-electron chi connectivity index (χ2n) is 10.8. The van der Waals surface area contributed by atoms with Gasteiger partial charge in [0.2, 0.25) is 0 Å². The van der Waals surface area contributed by atoms with E-state index in [1.54, 1.807) is 0 Å². The highest BCUT2D eigenvalue weighted by molar-refractivity contribution is 7.82. The Balaban J connectivity index is 6.45. The fourth-order valence-corrected chi connectivity index (χ4v) is 22.1. The molecule has 0 fully saturated rings. The summed E-state index contributed by atoms with van der Waals surface area (Å²) in [7, 11) is -5.02. The Morgan fingerprint density at radius 2 is 1.00 bits per heavy atom. The van der Waals surface area contributed by atoms with Crippen molar-refractivity contribution in [2.45, 2.75) is 97.4 Å². The molecule has 0 aromatic heterocycles. The normalized spacial score (nSPS) is 15.9. The molecule has 0 spiro atoms. The van der Waals surface area contributed by atoms with Crippen molar-refractivity contribution in [2.24, 2.45) is 4.41 Å². The molecule has 0 aromatic carbocycles. The second-order valence-corrected chi connectivity index (χ2v) is 24.4. The molecular weight excluding hydrogens is 324 g/mol. The predicted molar refractivity (Wildman–Crippen MR) is 112 cm³/mol. The largest absolute Gasteiger partial charge is 0.312 e. The maximum atomic E-state index is 7.19. The molecule has 0 aromatic rings. The lowest BCUT2D eigenvalue weighted by molar-refractivity contribution is 0.489. The van der Waals surface area contributed by atoms with Crippen molar-refractivity contribution < 1.29 is 4.31 Å². The minimum absolute atomic E-state index is 0.135. The van der Waals surface area contributed by atoms with Gasteiger partial charge in [-0.2, -0.15) is 0 Å². The molecule has 22 heavy (non-hydrogen) atoms. The number of rotatable bonds is 3. The van der Waals surface area contributed by atoms with Crippen LogP contribution in [0.1, 0.15) is 62.3 Å². The van der Waals surface area contributed by atoms with Crippen molar-refractivity contribution in [3.05, 3.63) is 0 Å². The molecule has 0 amide bonds. The molecule has 5 heteroatoms. The quantitative estimate of drug-likeness (QED) is 0.373. The van der Waals surface area contributed by atoms with Gasteiger partial charge in [-0.1, -0.05) is 0 Å². The van der Waals surface area contributed by atoms with Crippen molar-refractivity contribution in [2.75, 3.05) is 13.3 Å². The number of hydrogen-bond acceptors (Lipinski definition) is 2. The van der Waals surface area contributed by atoms with Crippen LogP contribution in [-0.2, 0) is 4.31 Å². The molecule has 0 N–H and O–H groups in total. The zero-order valence-electron chi connectivity index (χ0n) is 17.7. The number of hydrogen-bond donors (Lipinski definition) is 0. The van der Waals surface area contributed by atoms with Gasteiger partial charge in [0.05, 0.1) is 15.5 Å². The van der Waals surface area contributed by atoms with Crippen LogP contribution in [0.4, 0.5) is 0 Å². The summed E-state index contributed by atoms with van der Waals surface area (Å²) in [5, 5.41) is 0.404. The molecule has 0 unspecified atom stereocenters. The molecule has 0 rings (SSSR count). The van der Waals surface area contributed by atoms with Gasteiger partial charge in [0.15, 0.2) is 15.7 Å². The van der Waals surface area contributed by atoms with Gasteiger partial charge in [0.1, 0.15) is 7.28 Å². The Bertz CT molecular complexity index is 403. The molecule has 0 saturated heterocycles. The van der Waals surface area contributed by atoms with Crippen LogP contribution in [0.15, 0.2) is 4.41 Å². The van der Waals surface area contributed by atoms with Crippen LogP contribution < -0.4 is 0 Å². The van der Waals surface area contributed by atoms with Gasteiger partial charge in [0, 0.05) is 0 Å². The minimum atomic E-state index is -1.78. The summed E-state index contributed by atoms with van der Waals surface area (Å²) >= 11 is 0. The van der Waals surface area contributed by atoms with E-state index in [0.29, 0.717) is 0 Å². The van der Waals surface area contributed by atoms with E-state index in [0.717, 1.165) is 0 Å². The van der Waals surface area contributed by atoms with Gasteiger partial charge >= 0.3 is 0 Å². The average molecular weight is 367 g/mol. The first-order valence-electron chi connectivity index (χ1n) is 8.35. The van der Waals surface area contributed by atoms with E-state index in [1.165, 1.54) is 0 Å². The monoisotopic (exact) mass is 366 g/mol. The highest BCUT2D eigenvalue weighted by atomic mass is 31.3. The van der Waals surface area contributed by atoms with Crippen molar-refractivity contribution in [3.63, 3.8) is 0 Å². The molecule has 0 bridgehead atoms. The molecule has 0 saturated carbocycles. The maximum absolute atomic E-state index is 7.19. The predicted octanol–water partition coefficient (Wildman–Crippen LogP) is 7.54. The van der Waals surface area contributed by atoms with Gasteiger partial charge < -0.3 is 4.41 Å². The van der Waals surface area contributed by atoms with Gasteiger partial charge in [0.25, 0.3) is 0 Å². The summed E-state index contributed by atoms with van der Waals surface area (Å²) in [6, 6.07) is 0. The van der Waals surface area contributed by atoms with Crippen LogP contribution in [-0.4, -0.2) is 37.0 Å². The fraction of sp³-hybridized carbons (Fsp3) is 1.00. The Morgan fingerprint density at radius 3 is 1.18 bits per heavy atom. The summed E-state index contributed by atoms with van der Waals surface area (Å²) in [5.74, 6) is 0.